The topological polar surface area (TPSA) is 85.1 Å². The fraction of sp³-hybridized carbons (Fsp3) is 0.545. The summed E-state index contributed by atoms with van der Waals surface area (Å²) >= 11 is 14.5. The van der Waals surface area contributed by atoms with Crippen LogP contribution < -0.4 is 11.1 Å². The smallest absolute Gasteiger partial charge is 0.235 e. The Morgan fingerprint density at radius 3 is 2.65 bits per heavy atom. The van der Waals surface area contributed by atoms with Gasteiger partial charge < -0.3 is 11.1 Å². The average Bonchev–Trinajstić information content (AvgIpc) is 2.66. The number of aryl methyl sites for hydroxylation is 1. The summed E-state index contributed by atoms with van der Waals surface area (Å²) < 4.78 is -0.157. The lowest BCUT2D eigenvalue weighted by atomic mass is 10.1. The molecule has 0 radical (unpaired) electrons. The molecule has 20 heavy (non-hydrogen) atoms. The van der Waals surface area contributed by atoms with Gasteiger partial charge >= 0.3 is 0 Å². The van der Waals surface area contributed by atoms with Crippen LogP contribution in [0.1, 0.15) is 19.0 Å². The number of amides is 2. The van der Waals surface area contributed by atoms with E-state index in [2.05, 4.69) is 10.3 Å². The molecule has 1 aromatic rings. The minimum atomic E-state index is -1.01. The highest BCUT2D eigenvalue weighted by atomic mass is 35.5. The van der Waals surface area contributed by atoms with E-state index in [0.29, 0.717) is 11.6 Å². The Bertz CT molecular complexity index is 576. The van der Waals surface area contributed by atoms with Crippen LogP contribution in [0.4, 0.5) is 5.13 Å². The van der Waals surface area contributed by atoms with E-state index in [1.807, 2.05) is 6.92 Å². The second-order valence-corrected chi connectivity index (χ2v) is 8.54. The van der Waals surface area contributed by atoms with E-state index in [1.165, 1.54) is 23.1 Å². The standard InChI is InChI=1S/C11H13Cl2N3O2S2/c1-5-7(19-3-6(14)17)20-9(15-5)16-8(18)10(2)4-11(10,12)13/h3-4H2,1-2H3,(H2,14,17)(H,15,16,18). The molecule has 3 N–H and O–H groups in total. The fourth-order valence-corrected chi connectivity index (χ4v) is 4.17. The molecule has 0 bridgehead atoms. The van der Waals surface area contributed by atoms with Crippen molar-refractivity contribution in [2.45, 2.75) is 28.8 Å². The number of primary amides is 1. The number of hydrogen-bond donors (Lipinski definition) is 2. The average molecular weight is 354 g/mol. The van der Waals surface area contributed by atoms with E-state index < -0.39 is 15.7 Å². The Morgan fingerprint density at radius 2 is 2.15 bits per heavy atom. The van der Waals surface area contributed by atoms with Crippen LogP contribution in [-0.4, -0.2) is 26.9 Å². The van der Waals surface area contributed by atoms with Crippen molar-refractivity contribution in [2.75, 3.05) is 11.1 Å². The van der Waals surface area contributed by atoms with Gasteiger partial charge in [-0.1, -0.05) is 11.3 Å². The van der Waals surface area contributed by atoms with E-state index in [9.17, 15) is 9.59 Å². The highest BCUT2D eigenvalue weighted by Crippen LogP contribution is 2.64. The molecule has 0 saturated heterocycles. The third-order valence-corrected chi connectivity index (χ3v) is 6.64. The number of nitrogens with zero attached hydrogens (tertiary/aromatic N) is 1. The van der Waals surface area contributed by atoms with Crippen LogP contribution in [0.25, 0.3) is 0 Å². The van der Waals surface area contributed by atoms with Gasteiger partial charge in [-0.3, -0.25) is 9.59 Å². The molecule has 1 fully saturated rings. The van der Waals surface area contributed by atoms with Crippen LogP contribution >= 0.6 is 46.3 Å². The Kier molecular flexibility index (Phi) is 4.26. The zero-order chi connectivity index (χ0) is 15.1. The number of alkyl halides is 2. The van der Waals surface area contributed by atoms with E-state index >= 15 is 0 Å². The minimum absolute atomic E-state index is 0.181. The van der Waals surface area contributed by atoms with Gasteiger partial charge in [0.25, 0.3) is 0 Å². The van der Waals surface area contributed by atoms with Crippen LogP contribution in [0.5, 0.6) is 0 Å². The van der Waals surface area contributed by atoms with Crippen LogP contribution in [-0.2, 0) is 9.59 Å². The van der Waals surface area contributed by atoms with Crippen LogP contribution in [0, 0.1) is 12.3 Å². The first kappa shape index (κ1) is 15.9. The van der Waals surface area contributed by atoms with Crippen molar-refractivity contribution in [1.82, 2.24) is 4.98 Å². The van der Waals surface area contributed by atoms with E-state index in [4.69, 9.17) is 28.9 Å². The normalized spacial score (nSPS) is 23.4. The first-order valence-corrected chi connectivity index (χ1v) is 8.29. The monoisotopic (exact) mass is 353 g/mol. The Balaban J connectivity index is 2.02. The van der Waals surface area contributed by atoms with Gasteiger partial charge in [-0.2, -0.15) is 0 Å². The maximum absolute atomic E-state index is 12.1. The minimum Gasteiger partial charge on any atom is -0.369 e. The number of thioether (sulfide) groups is 1. The molecule has 2 rings (SSSR count). The lowest BCUT2D eigenvalue weighted by Gasteiger charge is -2.10. The third-order valence-electron chi connectivity index (χ3n) is 3.08. The van der Waals surface area contributed by atoms with Crippen LogP contribution in [0.2, 0.25) is 0 Å². The summed E-state index contributed by atoms with van der Waals surface area (Å²) in [5.74, 6) is -0.462. The van der Waals surface area contributed by atoms with Gasteiger partial charge in [0.15, 0.2) is 5.13 Å². The molecule has 1 saturated carbocycles. The summed E-state index contributed by atoms with van der Waals surface area (Å²) in [4.78, 5) is 27.1. The SMILES string of the molecule is Cc1nc(NC(=O)C2(C)CC2(Cl)Cl)sc1SCC(N)=O. The second-order valence-electron chi connectivity index (χ2n) is 4.81. The molecular weight excluding hydrogens is 341 g/mol. The van der Waals surface area contributed by atoms with Crippen molar-refractivity contribution < 1.29 is 9.59 Å². The number of rotatable bonds is 5. The molecule has 1 unspecified atom stereocenters. The van der Waals surface area contributed by atoms with Crippen molar-refractivity contribution in [2.24, 2.45) is 11.1 Å². The number of carbonyl (C=O) groups is 2. The van der Waals surface area contributed by atoms with Crippen molar-refractivity contribution in [3.8, 4) is 0 Å². The van der Waals surface area contributed by atoms with Gasteiger partial charge in [0.2, 0.25) is 11.8 Å². The van der Waals surface area contributed by atoms with E-state index in [-0.39, 0.29) is 11.7 Å². The van der Waals surface area contributed by atoms with Gasteiger partial charge in [-0.05, 0) is 20.3 Å². The van der Waals surface area contributed by atoms with Crippen molar-refractivity contribution in [3.05, 3.63) is 5.69 Å². The number of nitrogens with two attached hydrogens (primary N) is 1. The van der Waals surface area contributed by atoms with Crippen molar-refractivity contribution >= 4 is 63.2 Å². The molecule has 1 heterocycles. The summed E-state index contributed by atoms with van der Waals surface area (Å²) in [6.07, 6.45) is 0.419. The summed E-state index contributed by atoms with van der Waals surface area (Å²) in [5.41, 5.74) is 5.07. The third kappa shape index (κ3) is 3.05. The van der Waals surface area contributed by atoms with E-state index in [0.717, 1.165) is 9.90 Å². The predicted molar refractivity (Wildman–Crippen MR) is 82.6 cm³/mol. The molecular formula is C11H13Cl2N3O2S2. The fourth-order valence-electron chi connectivity index (χ4n) is 1.59. The molecule has 5 nitrogen and oxygen atoms in total. The quantitative estimate of drug-likeness (QED) is 0.629. The maximum Gasteiger partial charge on any atom is 0.235 e. The highest BCUT2D eigenvalue weighted by molar-refractivity contribution is 8.01. The second kappa shape index (κ2) is 5.36. The lowest BCUT2D eigenvalue weighted by molar-refractivity contribution is -0.120. The Morgan fingerprint density at radius 1 is 1.55 bits per heavy atom. The maximum atomic E-state index is 12.1. The van der Waals surface area contributed by atoms with Crippen molar-refractivity contribution in [3.63, 3.8) is 0 Å². The van der Waals surface area contributed by atoms with Crippen molar-refractivity contribution in [1.29, 1.82) is 0 Å². The lowest BCUT2D eigenvalue weighted by Crippen LogP contribution is -2.25. The summed E-state index contributed by atoms with van der Waals surface area (Å²) in [6, 6.07) is 0. The number of anilines is 1. The molecule has 1 aliphatic carbocycles. The number of aromatic nitrogens is 1. The predicted octanol–water partition coefficient (Wildman–Crippen LogP) is 2.55. The number of carbonyl (C=O) groups excluding carboxylic acids is 2. The Labute approximate surface area is 134 Å². The number of nitrogens with one attached hydrogen (secondary N) is 1. The summed E-state index contributed by atoms with van der Waals surface area (Å²) in [7, 11) is 0. The molecule has 0 aromatic carbocycles. The number of thiazole rings is 1. The first-order valence-electron chi connectivity index (χ1n) is 5.73. The van der Waals surface area contributed by atoms with Gasteiger partial charge in [0.05, 0.1) is 21.1 Å². The first-order chi connectivity index (χ1) is 9.15. The van der Waals surface area contributed by atoms with Crippen LogP contribution in [0.15, 0.2) is 4.21 Å². The summed E-state index contributed by atoms with van der Waals surface area (Å²) in [6.45, 7) is 3.52. The molecule has 2 amide bonds. The molecule has 9 heteroatoms. The van der Waals surface area contributed by atoms with E-state index in [1.54, 1.807) is 6.92 Å². The summed E-state index contributed by atoms with van der Waals surface area (Å²) in [5, 5.41) is 3.19. The highest BCUT2D eigenvalue weighted by Gasteiger charge is 2.68. The molecule has 0 spiro atoms. The zero-order valence-corrected chi connectivity index (χ0v) is 14.0. The molecule has 0 aliphatic heterocycles. The van der Waals surface area contributed by atoms with Gasteiger partial charge in [0.1, 0.15) is 4.33 Å². The Hall–Kier alpha value is -0.500. The molecule has 1 aromatic heterocycles. The van der Waals surface area contributed by atoms with Gasteiger partial charge in [-0.25, -0.2) is 4.98 Å². The van der Waals surface area contributed by atoms with Crippen LogP contribution in [0.3, 0.4) is 0 Å². The largest absolute Gasteiger partial charge is 0.369 e. The van der Waals surface area contributed by atoms with Gasteiger partial charge in [0, 0.05) is 0 Å². The number of halogens is 2. The molecule has 1 atom stereocenters. The molecule has 1 aliphatic rings. The number of hydrogen-bond acceptors (Lipinski definition) is 5. The van der Waals surface area contributed by atoms with Gasteiger partial charge in [-0.15, -0.1) is 35.0 Å². The zero-order valence-electron chi connectivity index (χ0n) is 10.8. The molecule has 110 valence electrons.